The maximum Gasteiger partial charge on any atom is 0.348 e. The van der Waals surface area contributed by atoms with Gasteiger partial charge in [0.15, 0.2) is 5.78 Å². The van der Waals surface area contributed by atoms with E-state index in [-0.39, 0.29) is 22.9 Å². The van der Waals surface area contributed by atoms with E-state index < -0.39 is 11.2 Å². The molecule has 0 spiro atoms. The highest BCUT2D eigenvalue weighted by molar-refractivity contribution is 6.05. The van der Waals surface area contributed by atoms with Crippen molar-refractivity contribution in [1.29, 1.82) is 0 Å². The van der Waals surface area contributed by atoms with Crippen molar-refractivity contribution in [1.82, 2.24) is 29.9 Å². The predicted molar refractivity (Wildman–Crippen MR) is 107 cm³/mol. The molecule has 0 saturated carbocycles. The number of nitrogens with one attached hydrogen (secondary N) is 3. The number of aryl methyl sites for hydroxylation is 1. The standard InChI is InChI=1S/C19H17N7O3/c1-3-26-18(28)15(21-16-12-9-20-24-17(12)23-19(29)22-16)13(10(2)27)14(25-26)11-7-5-4-6-8-11/h4-9H,3H2,1-2H3,(H3,20,21,22,23,24,29). The number of benzene rings is 1. The van der Waals surface area contributed by atoms with Crippen molar-refractivity contribution in [2.45, 2.75) is 20.4 Å². The predicted octanol–water partition coefficient (Wildman–Crippen LogP) is 1.84. The Hall–Kier alpha value is -4.08. The van der Waals surface area contributed by atoms with E-state index in [4.69, 9.17) is 0 Å². The number of anilines is 2. The Bertz CT molecular complexity index is 1340. The summed E-state index contributed by atoms with van der Waals surface area (Å²) in [4.78, 5) is 43.9. The Morgan fingerprint density at radius 3 is 2.66 bits per heavy atom. The van der Waals surface area contributed by atoms with Gasteiger partial charge in [-0.3, -0.25) is 19.7 Å². The zero-order valence-electron chi connectivity index (χ0n) is 15.7. The van der Waals surface area contributed by atoms with Crippen LogP contribution in [0.2, 0.25) is 0 Å². The third-order valence-corrected chi connectivity index (χ3v) is 4.44. The number of aromatic amines is 2. The number of hydrogen-bond donors (Lipinski definition) is 3. The van der Waals surface area contributed by atoms with Crippen LogP contribution in [0.1, 0.15) is 24.2 Å². The summed E-state index contributed by atoms with van der Waals surface area (Å²) in [5.74, 6) is -0.225. The lowest BCUT2D eigenvalue weighted by molar-refractivity contribution is 0.101. The molecule has 0 unspecified atom stereocenters. The largest absolute Gasteiger partial charge is 0.348 e. The lowest BCUT2D eigenvalue weighted by atomic mass is 10.0. The van der Waals surface area contributed by atoms with Crippen molar-refractivity contribution in [3.8, 4) is 11.3 Å². The van der Waals surface area contributed by atoms with Crippen molar-refractivity contribution >= 4 is 28.3 Å². The molecule has 0 fully saturated rings. The first kappa shape index (κ1) is 18.3. The number of hydrogen-bond acceptors (Lipinski definition) is 7. The van der Waals surface area contributed by atoms with Gasteiger partial charge in [-0.05, 0) is 13.8 Å². The van der Waals surface area contributed by atoms with Crippen LogP contribution in [-0.4, -0.2) is 35.7 Å². The Balaban J connectivity index is 2.01. The van der Waals surface area contributed by atoms with Gasteiger partial charge in [0.1, 0.15) is 22.8 Å². The number of rotatable bonds is 5. The van der Waals surface area contributed by atoms with Crippen LogP contribution in [-0.2, 0) is 6.54 Å². The Morgan fingerprint density at radius 1 is 1.21 bits per heavy atom. The molecule has 0 radical (unpaired) electrons. The summed E-state index contributed by atoms with van der Waals surface area (Å²) in [6, 6.07) is 9.11. The molecule has 3 aromatic heterocycles. The highest BCUT2D eigenvalue weighted by Crippen LogP contribution is 2.28. The van der Waals surface area contributed by atoms with Crippen LogP contribution in [0, 0.1) is 0 Å². The number of ketones is 1. The Labute approximate surface area is 163 Å². The second-order valence-electron chi connectivity index (χ2n) is 6.32. The lowest BCUT2D eigenvalue weighted by Gasteiger charge is -2.15. The lowest BCUT2D eigenvalue weighted by Crippen LogP contribution is -2.28. The molecule has 0 saturated heterocycles. The maximum absolute atomic E-state index is 13.0. The van der Waals surface area contributed by atoms with Gasteiger partial charge in [-0.1, -0.05) is 30.3 Å². The highest BCUT2D eigenvalue weighted by atomic mass is 16.1. The topological polar surface area (TPSA) is 138 Å². The monoisotopic (exact) mass is 391 g/mol. The van der Waals surface area contributed by atoms with E-state index in [1.54, 1.807) is 6.92 Å². The average molecular weight is 391 g/mol. The molecular weight excluding hydrogens is 374 g/mol. The van der Waals surface area contributed by atoms with Gasteiger partial charge in [0, 0.05) is 12.1 Å². The fourth-order valence-electron chi connectivity index (χ4n) is 3.11. The van der Waals surface area contributed by atoms with Crippen LogP contribution in [0.15, 0.2) is 46.1 Å². The quantitative estimate of drug-likeness (QED) is 0.441. The third-order valence-electron chi connectivity index (χ3n) is 4.44. The maximum atomic E-state index is 13.0. The molecule has 0 bridgehead atoms. The second kappa shape index (κ2) is 7.15. The van der Waals surface area contributed by atoms with E-state index in [1.807, 2.05) is 30.3 Å². The first-order valence-corrected chi connectivity index (χ1v) is 8.91. The first-order valence-electron chi connectivity index (χ1n) is 8.91. The van der Waals surface area contributed by atoms with E-state index in [2.05, 4.69) is 30.6 Å². The SMILES string of the molecule is CCn1nc(-c2ccccc2)c(C(C)=O)c(Nc2nc(=O)[nH]c3[nH]ncc23)c1=O. The van der Waals surface area contributed by atoms with Gasteiger partial charge in [0.05, 0.1) is 17.1 Å². The number of carbonyl (C=O) groups excluding carboxylic acids is 1. The van der Waals surface area contributed by atoms with E-state index in [9.17, 15) is 14.4 Å². The average Bonchev–Trinajstić information content (AvgIpc) is 3.18. The number of aromatic nitrogens is 6. The molecule has 10 heteroatoms. The van der Waals surface area contributed by atoms with Crippen LogP contribution < -0.4 is 16.6 Å². The van der Waals surface area contributed by atoms with Gasteiger partial charge in [-0.15, -0.1) is 0 Å². The fourth-order valence-corrected chi connectivity index (χ4v) is 3.11. The Kier molecular flexibility index (Phi) is 4.51. The van der Waals surface area contributed by atoms with E-state index in [0.29, 0.717) is 28.8 Å². The fraction of sp³-hybridized carbons (Fsp3) is 0.158. The molecular formula is C19H17N7O3. The Morgan fingerprint density at radius 2 is 1.97 bits per heavy atom. The molecule has 3 N–H and O–H groups in total. The normalized spacial score (nSPS) is 11.0. The molecule has 0 aliphatic rings. The molecule has 4 rings (SSSR count). The van der Waals surface area contributed by atoms with Gasteiger partial charge in [0.2, 0.25) is 0 Å². The highest BCUT2D eigenvalue weighted by Gasteiger charge is 2.23. The van der Waals surface area contributed by atoms with Gasteiger partial charge >= 0.3 is 5.69 Å². The smallest absolute Gasteiger partial charge is 0.334 e. The molecule has 0 amide bonds. The van der Waals surface area contributed by atoms with Crippen LogP contribution in [0.25, 0.3) is 22.3 Å². The summed E-state index contributed by atoms with van der Waals surface area (Å²) in [5, 5.41) is 14.3. The molecule has 1 aromatic carbocycles. The number of H-pyrrole nitrogens is 2. The number of fused-ring (bicyclic) bond motifs is 1. The van der Waals surface area contributed by atoms with Gasteiger partial charge in [-0.2, -0.15) is 15.2 Å². The first-order chi connectivity index (χ1) is 14.0. The summed E-state index contributed by atoms with van der Waals surface area (Å²) >= 11 is 0. The summed E-state index contributed by atoms with van der Waals surface area (Å²) in [6.07, 6.45) is 1.46. The van der Waals surface area contributed by atoms with Crippen molar-refractivity contribution in [2.75, 3.05) is 5.32 Å². The van der Waals surface area contributed by atoms with Crippen LogP contribution in [0.3, 0.4) is 0 Å². The van der Waals surface area contributed by atoms with E-state index in [0.717, 1.165) is 0 Å². The summed E-state index contributed by atoms with van der Waals surface area (Å²) < 4.78 is 1.26. The number of Topliss-reactive ketones (excluding diaryl/α,β-unsaturated/α-hetero) is 1. The minimum Gasteiger partial charge on any atom is -0.334 e. The van der Waals surface area contributed by atoms with Crippen molar-refractivity contribution < 1.29 is 4.79 Å². The van der Waals surface area contributed by atoms with Crippen molar-refractivity contribution in [3.05, 3.63) is 62.9 Å². The molecule has 0 aliphatic heterocycles. The van der Waals surface area contributed by atoms with Crippen LogP contribution in [0.5, 0.6) is 0 Å². The summed E-state index contributed by atoms with van der Waals surface area (Å²) in [5.41, 5.74) is 0.437. The number of nitrogens with zero attached hydrogens (tertiary/aromatic N) is 4. The second-order valence-corrected chi connectivity index (χ2v) is 6.32. The van der Waals surface area contributed by atoms with Crippen LogP contribution in [0.4, 0.5) is 11.5 Å². The minimum atomic E-state index is -0.623. The minimum absolute atomic E-state index is 0.00815. The van der Waals surface area contributed by atoms with Crippen molar-refractivity contribution in [2.24, 2.45) is 0 Å². The molecule has 146 valence electrons. The zero-order chi connectivity index (χ0) is 20.5. The number of carbonyl (C=O) groups is 1. The van der Waals surface area contributed by atoms with E-state index in [1.165, 1.54) is 17.8 Å². The zero-order valence-corrected chi connectivity index (χ0v) is 15.7. The molecule has 10 nitrogen and oxygen atoms in total. The van der Waals surface area contributed by atoms with E-state index >= 15 is 0 Å². The molecule has 0 atom stereocenters. The molecule has 4 aromatic rings. The molecule has 29 heavy (non-hydrogen) atoms. The van der Waals surface area contributed by atoms with Gasteiger partial charge in [-0.25, -0.2) is 9.48 Å². The third kappa shape index (κ3) is 3.20. The van der Waals surface area contributed by atoms with Gasteiger partial charge < -0.3 is 5.32 Å². The van der Waals surface area contributed by atoms with Crippen LogP contribution >= 0.6 is 0 Å². The summed E-state index contributed by atoms with van der Waals surface area (Å²) in [7, 11) is 0. The van der Waals surface area contributed by atoms with Crippen molar-refractivity contribution in [3.63, 3.8) is 0 Å². The summed E-state index contributed by atoms with van der Waals surface area (Å²) in [6.45, 7) is 3.44. The molecule has 0 aliphatic carbocycles. The van der Waals surface area contributed by atoms with Gasteiger partial charge in [0.25, 0.3) is 5.56 Å². The molecule has 3 heterocycles.